The molecule has 0 atom stereocenters. The van der Waals surface area contributed by atoms with Crippen molar-refractivity contribution in [3.63, 3.8) is 0 Å². The van der Waals surface area contributed by atoms with Crippen LogP contribution in [0.4, 0.5) is 21.7 Å². The number of hydrogen-bond donors (Lipinski definition) is 2. The first kappa shape index (κ1) is 26.2. The molecule has 1 aliphatic rings. The van der Waals surface area contributed by atoms with Crippen molar-refractivity contribution < 1.29 is 4.39 Å². The first-order valence-corrected chi connectivity index (χ1v) is 12.1. The average molecular weight is 550 g/mol. The van der Waals surface area contributed by atoms with Gasteiger partial charge in [-0.25, -0.2) is 9.37 Å². The monoisotopic (exact) mass is 548 g/mol. The Balaban J connectivity index is 0.00000304. The summed E-state index contributed by atoms with van der Waals surface area (Å²) in [4.78, 5) is 24.3. The maximum atomic E-state index is 14.8. The minimum Gasteiger partial charge on any atom is -0.367 e. The summed E-state index contributed by atoms with van der Waals surface area (Å²) in [7, 11) is 0. The molecule has 2 aromatic carbocycles. The molecule has 5 rings (SSSR count). The molecule has 1 fully saturated rings. The van der Waals surface area contributed by atoms with Gasteiger partial charge in [0, 0.05) is 66.1 Å². The summed E-state index contributed by atoms with van der Waals surface area (Å²) >= 11 is 12.4. The molecule has 3 heterocycles. The molecule has 0 unspecified atom stereocenters. The van der Waals surface area contributed by atoms with E-state index in [0.29, 0.717) is 50.1 Å². The third-order valence-corrected chi connectivity index (χ3v) is 6.57. The molecule has 2 aromatic heterocycles. The van der Waals surface area contributed by atoms with Crippen molar-refractivity contribution in [1.29, 1.82) is 0 Å². The van der Waals surface area contributed by atoms with Crippen LogP contribution in [0.1, 0.15) is 6.92 Å². The first-order valence-electron chi connectivity index (χ1n) is 11.3. The fourth-order valence-electron chi connectivity index (χ4n) is 4.29. The normalized spacial score (nSPS) is 13.5. The lowest BCUT2D eigenvalue weighted by atomic mass is 10.1. The Morgan fingerprint density at radius 3 is 2.56 bits per heavy atom. The summed E-state index contributed by atoms with van der Waals surface area (Å²) < 4.78 is 16.4. The van der Waals surface area contributed by atoms with Gasteiger partial charge in [-0.2, -0.15) is 4.98 Å². The number of anilines is 3. The predicted octanol–water partition coefficient (Wildman–Crippen LogP) is 5.50. The topological polar surface area (TPSA) is 75.1 Å². The Kier molecular flexibility index (Phi) is 8.00. The van der Waals surface area contributed by atoms with Crippen LogP contribution in [-0.2, 0) is 6.54 Å². The highest BCUT2D eigenvalue weighted by molar-refractivity contribution is 6.36. The molecule has 4 aromatic rings. The van der Waals surface area contributed by atoms with E-state index in [4.69, 9.17) is 23.2 Å². The average Bonchev–Trinajstić information content (AvgIpc) is 2.85. The summed E-state index contributed by atoms with van der Waals surface area (Å²) in [6.07, 6.45) is 1.63. The van der Waals surface area contributed by atoms with E-state index >= 15 is 0 Å². The van der Waals surface area contributed by atoms with Crippen LogP contribution < -0.4 is 21.1 Å². The van der Waals surface area contributed by atoms with Gasteiger partial charge in [0.1, 0.15) is 11.5 Å². The van der Waals surface area contributed by atoms with Crippen LogP contribution in [0.25, 0.3) is 22.2 Å². The second-order valence-corrected chi connectivity index (χ2v) is 9.08. The van der Waals surface area contributed by atoms with Crippen LogP contribution >= 0.6 is 35.6 Å². The van der Waals surface area contributed by atoms with E-state index in [0.717, 1.165) is 26.2 Å². The lowest BCUT2D eigenvalue weighted by Crippen LogP contribution is -2.43. The van der Waals surface area contributed by atoms with E-state index < -0.39 is 0 Å². The lowest BCUT2D eigenvalue weighted by molar-refractivity contribution is 0.566. The Morgan fingerprint density at radius 2 is 1.86 bits per heavy atom. The smallest absolute Gasteiger partial charge is 0.260 e. The number of aromatic nitrogens is 3. The highest BCUT2D eigenvalue weighted by atomic mass is 35.5. The number of nitrogens with one attached hydrogen (secondary N) is 2. The van der Waals surface area contributed by atoms with Crippen molar-refractivity contribution in [1.82, 2.24) is 19.9 Å². The molecule has 1 saturated heterocycles. The highest BCUT2D eigenvalue weighted by Crippen LogP contribution is 2.30. The number of nitrogens with zero attached hydrogens (tertiary/aromatic N) is 4. The zero-order valence-electron chi connectivity index (χ0n) is 19.4. The van der Waals surface area contributed by atoms with Gasteiger partial charge >= 0.3 is 0 Å². The van der Waals surface area contributed by atoms with Crippen LogP contribution in [0.5, 0.6) is 0 Å². The number of benzene rings is 2. The predicted molar refractivity (Wildman–Crippen MR) is 147 cm³/mol. The van der Waals surface area contributed by atoms with Gasteiger partial charge in [-0.3, -0.25) is 9.36 Å². The standard InChI is InChI=1S/C25H23Cl2FN6O.ClH/c1-2-34-23-15(11-19(24(34)35)18-5-3-16(26)12-20(18)27)14-30-25(32-23)31-17-4-6-22(21(28)13-17)33-9-7-29-8-10-33;/h3-6,11-14,29H,2,7-10H2,1H3,(H,30,31,32);1H. The van der Waals surface area contributed by atoms with Gasteiger partial charge in [0.2, 0.25) is 5.95 Å². The number of pyridine rings is 1. The van der Waals surface area contributed by atoms with Crippen molar-refractivity contribution in [2.24, 2.45) is 0 Å². The minimum absolute atomic E-state index is 0. The van der Waals surface area contributed by atoms with Crippen LogP contribution in [-0.4, -0.2) is 40.7 Å². The molecule has 188 valence electrons. The highest BCUT2D eigenvalue weighted by Gasteiger charge is 2.17. The molecule has 0 bridgehead atoms. The van der Waals surface area contributed by atoms with Gasteiger partial charge < -0.3 is 15.5 Å². The molecule has 11 heteroatoms. The first-order chi connectivity index (χ1) is 16.9. The van der Waals surface area contributed by atoms with Gasteiger partial charge in [0.05, 0.1) is 10.7 Å². The molecule has 0 aliphatic carbocycles. The molecule has 0 radical (unpaired) electrons. The fourth-order valence-corrected chi connectivity index (χ4v) is 4.80. The third-order valence-electron chi connectivity index (χ3n) is 6.03. The number of rotatable bonds is 5. The summed E-state index contributed by atoms with van der Waals surface area (Å²) in [5.41, 5.74) is 2.38. The molecule has 0 amide bonds. The zero-order valence-corrected chi connectivity index (χ0v) is 21.7. The number of aryl methyl sites for hydroxylation is 1. The Labute approximate surface area is 223 Å². The van der Waals surface area contributed by atoms with Crippen molar-refractivity contribution >= 4 is 64.0 Å². The maximum absolute atomic E-state index is 14.8. The van der Waals surface area contributed by atoms with E-state index in [1.807, 2.05) is 11.8 Å². The van der Waals surface area contributed by atoms with Gasteiger partial charge in [-0.1, -0.05) is 29.3 Å². The van der Waals surface area contributed by atoms with Gasteiger partial charge in [-0.15, -0.1) is 12.4 Å². The zero-order chi connectivity index (χ0) is 24.5. The van der Waals surface area contributed by atoms with E-state index in [1.165, 1.54) is 6.07 Å². The van der Waals surface area contributed by atoms with E-state index in [9.17, 15) is 9.18 Å². The maximum Gasteiger partial charge on any atom is 0.260 e. The molecule has 2 N–H and O–H groups in total. The molecular weight excluding hydrogens is 526 g/mol. The molecule has 1 aliphatic heterocycles. The minimum atomic E-state index is -0.312. The fraction of sp³-hybridized carbons (Fsp3) is 0.240. The largest absolute Gasteiger partial charge is 0.367 e. The number of fused-ring (bicyclic) bond motifs is 1. The molecule has 0 spiro atoms. The summed E-state index contributed by atoms with van der Waals surface area (Å²) in [5, 5.41) is 7.88. The van der Waals surface area contributed by atoms with E-state index in [1.54, 1.807) is 47.2 Å². The van der Waals surface area contributed by atoms with Crippen molar-refractivity contribution in [2.75, 3.05) is 36.4 Å². The second kappa shape index (κ2) is 11.0. The quantitative estimate of drug-likeness (QED) is 0.342. The van der Waals surface area contributed by atoms with Crippen molar-refractivity contribution in [3.05, 3.63) is 74.9 Å². The summed E-state index contributed by atoms with van der Waals surface area (Å²) in [5.74, 6) is -0.0432. The number of piperazine rings is 1. The molecule has 36 heavy (non-hydrogen) atoms. The van der Waals surface area contributed by atoms with Crippen LogP contribution in [0.3, 0.4) is 0 Å². The van der Waals surface area contributed by atoms with Crippen LogP contribution in [0.2, 0.25) is 10.0 Å². The van der Waals surface area contributed by atoms with E-state index in [-0.39, 0.29) is 29.7 Å². The Morgan fingerprint density at radius 1 is 1.08 bits per heavy atom. The molecule has 0 saturated carbocycles. The second-order valence-electron chi connectivity index (χ2n) is 8.23. The van der Waals surface area contributed by atoms with Crippen LogP contribution in [0, 0.1) is 5.82 Å². The summed E-state index contributed by atoms with van der Waals surface area (Å²) in [6, 6.07) is 11.7. The van der Waals surface area contributed by atoms with Crippen molar-refractivity contribution in [3.8, 4) is 11.1 Å². The van der Waals surface area contributed by atoms with Gasteiger partial charge in [0.25, 0.3) is 5.56 Å². The van der Waals surface area contributed by atoms with Crippen molar-refractivity contribution in [2.45, 2.75) is 13.5 Å². The molecule has 7 nitrogen and oxygen atoms in total. The van der Waals surface area contributed by atoms with Gasteiger partial charge in [0.15, 0.2) is 0 Å². The number of hydrogen-bond acceptors (Lipinski definition) is 6. The lowest BCUT2D eigenvalue weighted by Gasteiger charge is -2.29. The van der Waals surface area contributed by atoms with Crippen LogP contribution in [0.15, 0.2) is 53.5 Å². The Hall–Kier alpha value is -2.91. The molecular formula is C25H24Cl3FN6O. The Bertz CT molecular complexity index is 1470. The SMILES string of the molecule is CCn1c(=O)c(-c2ccc(Cl)cc2Cl)cc2cnc(Nc3ccc(N4CCNCC4)c(F)c3)nc21.Cl. The summed E-state index contributed by atoms with van der Waals surface area (Å²) in [6.45, 7) is 5.45. The van der Waals surface area contributed by atoms with E-state index in [2.05, 4.69) is 20.6 Å². The number of halogens is 4. The third kappa shape index (κ3) is 5.13. The van der Waals surface area contributed by atoms with Gasteiger partial charge in [-0.05, 0) is 43.3 Å².